The molecule has 1 aromatic heterocycles. The molecular weight excluding hydrogens is 328 g/mol. The summed E-state index contributed by atoms with van der Waals surface area (Å²) in [5.74, 6) is 0.225. The molecule has 2 rings (SSSR count). The number of anilines is 1. The van der Waals surface area contributed by atoms with Crippen LogP contribution >= 0.6 is 0 Å². The molecule has 1 aromatic carbocycles. The van der Waals surface area contributed by atoms with E-state index in [1.54, 1.807) is 12.3 Å². The number of nitrogens with zero attached hydrogens (tertiary/aromatic N) is 2. The molecule has 26 heavy (non-hydrogen) atoms. The van der Waals surface area contributed by atoms with E-state index in [0.29, 0.717) is 5.82 Å². The molecule has 1 heterocycles. The maximum atomic E-state index is 12.6. The van der Waals surface area contributed by atoms with Crippen molar-refractivity contribution in [3.8, 4) is 0 Å². The summed E-state index contributed by atoms with van der Waals surface area (Å²) in [5.41, 5.74) is 1.96. The number of benzene rings is 1. The largest absolute Gasteiger partial charge is 0.354 e. The van der Waals surface area contributed by atoms with E-state index in [9.17, 15) is 9.59 Å². The molecule has 0 saturated heterocycles. The molecule has 2 aromatic rings. The summed E-state index contributed by atoms with van der Waals surface area (Å²) in [7, 11) is 1.91. The summed E-state index contributed by atoms with van der Waals surface area (Å²) >= 11 is 0. The molecule has 0 saturated carbocycles. The van der Waals surface area contributed by atoms with Crippen molar-refractivity contribution in [3.63, 3.8) is 0 Å². The van der Waals surface area contributed by atoms with Gasteiger partial charge in [-0.3, -0.25) is 14.5 Å². The van der Waals surface area contributed by atoms with Crippen molar-refractivity contribution in [1.82, 2.24) is 15.2 Å². The van der Waals surface area contributed by atoms with E-state index < -0.39 is 0 Å². The van der Waals surface area contributed by atoms with Gasteiger partial charge < -0.3 is 10.6 Å². The predicted octanol–water partition coefficient (Wildman–Crippen LogP) is 2.53. The highest BCUT2D eigenvalue weighted by molar-refractivity contribution is 5.90. The third kappa shape index (κ3) is 5.67. The van der Waals surface area contributed by atoms with Gasteiger partial charge in [0.05, 0.1) is 0 Å². The third-order valence-electron chi connectivity index (χ3n) is 4.13. The first-order valence-electron chi connectivity index (χ1n) is 8.76. The minimum absolute atomic E-state index is 0.109. The number of hydrogen-bond acceptors (Lipinski definition) is 4. The molecule has 0 radical (unpaired) electrons. The zero-order valence-corrected chi connectivity index (χ0v) is 15.5. The van der Waals surface area contributed by atoms with Crippen LogP contribution in [-0.2, 0) is 9.59 Å². The van der Waals surface area contributed by atoms with Crippen molar-refractivity contribution < 1.29 is 9.59 Å². The van der Waals surface area contributed by atoms with E-state index in [2.05, 4.69) is 15.6 Å². The molecule has 0 spiro atoms. The lowest BCUT2D eigenvalue weighted by atomic mass is 10.0. The maximum Gasteiger partial charge on any atom is 0.241 e. The Bertz CT molecular complexity index is 716. The van der Waals surface area contributed by atoms with E-state index in [4.69, 9.17) is 0 Å². The Morgan fingerprint density at radius 3 is 2.50 bits per heavy atom. The second kappa shape index (κ2) is 9.68. The highest BCUT2D eigenvalue weighted by atomic mass is 16.2. The Morgan fingerprint density at radius 1 is 1.15 bits per heavy atom. The number of nitrogens with one attached hydrogen (secondary N) is 2. The molecule has 2 amide bonds. The van der Waals surface area contributed by atoms with Crippen LogP contribution in [0.25, 0.3) is 0 Å². The molecule has 0 aliphatic heterocycles. The minimum atomic E-state index is -0.372. The molecule has 1 atom stereocenters. The highest BCUT2D eigenvalue weighted by Gasteiger charge is 2.23. The van der Waals surface area contributed by atoms with Gasteiger partial charge in [-0.2, -0.15) is 0 Å². The minimum Gasteiger partial charge on any atom is -0.354 e. The topological polar surface area (TPSA) is 74.3 Å². The van der Waals surface area contributed by atoms with E-state index >= 15 is 0 Å². The number of aryl methyl sites for hydroxylation is 1. The number of aromatic nitrogens is 1. The zero-order chi connectivity index (χ0) is 18.9. The van der Waals surface area contributed by atoms with Crippen molar-refractivity contribution in [2.45, 2.75) is 26.3 Å². The summed E-state index contributed by atoms with van der Waals surface area (Å²) in [5, 5.41) is 5.59. The van der Waals surface area contributed by atoms with Crippen LogP contribution in [0.15, 0.2) is 48.7 Å². The quantitative estimate of drug-likeness (QED) is 0.764. The molecule has 0 fully saturated rings. The van der Waals surface area contributed by atoms with Gasteiger partial charge >= 0.3 is 0 Å². The van der Waals surface area contributed by atoms with Gasteiger partial charge in [-0.1, -0.05) is 43.3 Å². The van der Waals surface area contributed by atoms with Gasteiger partial charge in [-0.05, 0) is 37.7 Å². The SMILES string of the molecule is CCN(C)C(C(=O)NCCC(=O)Nc1ccc(C)cn1)c1ccccc1. The first-order chi connectivity index (χ1) is 12.5. The van der Waals surface area contributed by atoms with Crippen LogP contribution in [0.1, 0.15) is 30.5 Å². The molecule has 0 bridgehead atoms. The van der Waals surface area contributed by atoms with E-state index in [1.807, 2.05) is 62.2 Å². The van der Waals surface area contributed by atoms with Crippen LogP contribution < -0.4 is 10.6 Å². The summed E-state index contributed by atoms with van der Waals surface area (Å²) in [6.45, 7) is 4.96. The zero-order valence-electron chi connectivity index (χ0n) is 15.5. The van der Waals surface area contributed by atoms with Crippen molar-refractivity contribution in [2.24, 2.45) is 0 Å². The van der Waals surface area contributed by atoms with Gasteiger partial charge in [-0.25, -0.2) is 4.98 Å². The molecule has 6 heteroatoms. The third-order valence-corrected chi connectivity index (χ3v) is 4.13. The maximum absolute atomic E-state index is 12.6. The second-order valence-electron chi connectivity index (χ2n) is 6.20. The second-order valence-corrected chi connectivity index (χ2v) is 6.20. The molecular formula is C20H26N4O2. The molecule has 2 N–H and O–H groups in total. The lowest BCUT2D eigenvalue weighted by Crippen LogP contribution is -2.39. The standard InChI is InChI=1S/C20H26N4O2/c1-4-24(3)19(16-8-6-5-7-9-16)20(26)21-13-12-18(25)23-17-11-10-15(2)14-22-17/h5-11,14,19H,4,12-13H2,1-3H3,(H,21,26)(H,22,23,25). The fourth-order valence-electron chi connectivity index (χ4n) is 2.57. The number of carbonyl (C=O) groups is 2. The van der Waals surface area contributed by atoms with Crippen LogP contribution in [0, 0.1) is 6.92 Å². The summed E-state index contributed by atoms with van der Waals surface area (Å²) < 4.78 is 0. The number of carbonyl (C=O) groups excluding carboxylic acids is 2. The Kier molecular flexibility index (Phi) is 7.29. The summed E-state index contributed by atoms with van der Waals surface area (Å²) in [4.78, 5) is 30.7. The van der Waals surface area contributed by atoms with E-state index in [1.165, 1.54) is 0 Å². The average Bonchev–Trinajstić information content (AvgIpc) is 2.64. The highest BCUT2D eigenvalue weighted by Crippen LogP contribution is 2.19. The number of pyridine rings is 1. The number of likely N-dealkylation sites (N-methyl/N-ethyl adjacent to an activating group) is 1. The van der Waals surface area contributed by atoms with Gasteiger partial charge in [-0.15, -0.1) is 0 Å². The molecule has 1 unspecified atom stereocenters. The van der Waals surface area contributed by atoms with Crippen molar-refractivity contribution in [1.29, 1.82) is 0 Å². The molecule has 0 aliphatic carbocycles. The van der Waals surface area contributed by atoms with Gasteiger partial charge in [0.2, 0.25) is 11.8 Å². The van der Waals surface area contributed by atoms with Gasteiger partial charge in [0.25, 0.3) is 0 Å². The first-order valence-corrected chi connectivity index (χ1v) is 8.76. The molecule has 0 aliphatic rings. The first kappa shape index (κ1) is 19.6. The molecule has 6 nitrogen and oxygen atoms in total. The van der Waals surface area contributed by atoms with Gasteiger partial charge in [0.15, 0.2) is 0 Å². The number of rotatable bonds is 8. The molecule has 138 valence electrons. The fraction of sp³-hybridized carbons (Fsp3) is 0.350. The van der Waals surface area contributed by atoms with Crippen LogP contribution in [0.5, 0.6) is 0 Å². The summed E-state index contributed by atoms with van der Waals surface area (Å²) in [6, 6.07) is 12.9. The van der Waals surface area contributed by atoms with Crippen molar-refractivity contribution >= 4 is 17.6 Å². The van der Waals surface area contributed by atoms with E-state index in [-0.39, 0.29) is 30.8 Å². The normalized spacial score (nSPS) is 11.8. The Morgan fingerprint density at radius 2 is 1.88 bits per heavy atom. The Balaban J connectivity index is 1.87. The van der Waals surface area contributed by atoms with Crippen molar-refractivity contribution in [3.05, 3.63) is 59.8 Å². The van der Waals surface area contributed by atoms with Crippen LogP contribution in [0.3, 0.4) is 0 Å². The smallest absolute Gasteiger partial charge is 0.241 e. The lowest BCUT2D eigenvalue weighted by Gasteiger charge is -2.26. The average molecular weight is 354 g/mol. The fourth-order valence-corrected chi connectivity index (χ4v) is 2.57. The Hall–Kier alpha value is -2.73. The predicted molar refractivity (Wildman–Crippen MR) is 103 cm³/mol. The van der Waals surface area contributed by atoms with Crippen LogP contribution in [0.4, 0.5) is 5.82 Å². The van der Waals surface area contributed by atoms with Crippen LogP contribution in [0.2, 0.25) is 0 Å². The number of hydrogen-bond donors (Lipinski definition) is 2. The lowest BCUT2D eigenvalue weighted by molar-refractivity contribution is -0.126. The van der Waals surface area contributed by atoms with Crippen molar-refractivity contribution in [2.75, 3.05) is 25.5 Å². The van der Waals surface area contributed by atoms with Gasteiger partial charge in [0.1, 0.15) is 11.9 Å². The van der Waals surface area contributed by atoms with E-state index in [0.717, 1.165) is 17.7 Å². The van der Waals surface area contributed by atoms with Crippen LogP contribution in [-0.4, -0.2) is 41.8 Å². The summed E-state index contributed by atoms with van der Waals surface area (Å²) in [6.07, 6.45) is 1.89. The van der Waals surface area contributed by atoms with Gasteiger partial charge in [0, 0.05) is 19.2 Å². The number of amides is 2. The monoisotopic (exact) mass is 354 g/mol. The Labute approximate surface area is 154 Å².